The highest BCUT2D eigenvalue weighted by Gasteiger charge is 2.31. The molecule has 1 aromatic carbocycles. The predicted octanol–water partition coefficient (Wildman–Crippen LogP) is 5.33. The molecule has 0 amide bonds. The van der Waals surface area contributed by atoms with Gasteiger partial charge in [0, 0.05) is 12.3 Å². The number of hydrogen-bond acceptors (Lipinski definition) is 3. The van der Waals surface area contributed by atoms with Gasteiger partial charge in [-0.3, -0.25) is 0 Å². The van der Waals surface area contributed by atoms with Crippen molar-refractivity contribution in [3.8, 4) is 17.4 Å². The minimum atomic E-state index is -4.50. The quantitative estimate of drug-likeness (QED) is 0.758. The summed E-state index contributed by atoms with van der Waals surface area (Å²) in [4.78, 5) is 3.62. The van der Waals surface area contributed by atoms with Crippen molar-refractivity contribution in [2.75, 3.05) is 0 Å². The summed E-state index contributed by atoms with van der Waals surface area (Å²) in [6.07, 6.45) is -3.83. The average Bonchev–Trinajstić information content (AvgIpc) is 2.39. The fourth-order valence-electron chi connectivity index (χ4n) is 1.65. The number of halogens is 4. The Morgan fingerprint density at radius 2 is 1.82 bits per heavy atom. The van der Waals surface area contributed by atoms with Crippen LogP contribution in [0.4, 0.5) is 13.2 Å². The fourth-order valence-corrected chi connectivity index (χ4v) is 1.86. The van der Waals surface area contributed by atoms with Crippen LogP contribution < -0.4 is 9.47 Å². The Bertz CT molecular complexity index is 659. The van der Waals surface area contributed by atoms with Gasteiger partial charge in [-0.1, -0.05) is 17.7 Å². The molecule has 2 aromatic rings. The highest BCUT2D eigenvalue weighted by Crippen LogP contribution is 2.35. The first kappa shape index (κ1) is 16.4. The van der Waals surface area contributed by atoms with E-state index in [1.807, 2.05) is 13.8 Å². The molecule has 0 saturated carbocycles. The summed E-state index contributed by atoms with van der Waals surface area (Å²) < 4.78 is 48.5. The molecule has 0 saturated heterocycles. The van der Waals surface area contributed by atoms with E-state index >= 15 is 0 Å². The SMILES string of the molecule is CC(C)Oc1cccc(Oc2ncc(C(F)(F)F)cc2Cl)c1. The Morgan fingerprint density at radius 1 is 1.14 bits per heavy atom. The summed E-state index contributed by atoms with van der Waals surface area (Å²) in [6, 6.07) is 7.45. The Morgan fingerprint density at radius 3 is 2.41 bits per heavy atom. The monoisotopic (exact) mass is 331 g/mol. The zero-order chi connectivity index (χ0) is 16.3. The topological polar surface area (TPSA) is 31.4 Å². The van der Waals surface area contributed by atoms with Gasteiger partial charge in [0.1, 0.15) is 16.5 Å². The second-order valence-electron chi connectivity index (χ2n) is 4.75. The highest BCUT2D eigenvalue weighted by atomic mass is 35.5. The minimum absolute atomic E-state index is 0.0111. The minimum Gasteiger partial charge on any atom is -0.491 e. The van der Waals surface area contributed by atoms with Crippen LogP contribution in [0.3, 0.4) is 0 Å². The molecule has 0 N–H and O–H groups in total. The third-order valence-corrected chi connectivity index (χ3v) is 2.80. The largest absolute Gasteiger partial charge is 0.491 e. The first-order valence-electron chi connectivity index (χ1n) is 6.43. The van der Waals surface area contributed by atoms with E-state index in [4.69, 9.17) is 21.1 Å². The summed E-state index contributed by atoms with van der Waals surface area (Å²) in [5, 5.41) is -0.218. The maximum absolute atomic E-state index is 12.5. The van der Waals surface area contributed by atoms with Crippen LogP contribution in [0.15, 0.2) is 36.5 Å². The second kappa shape index (κ2) is 6.44. The lowest BCUT2D eigenvalue weighted by molar-refractivity contribution is -0.137. The molecule has 1 heterocycles. The highest BCUT2D eigenvalue weighted by molar-refractivity contribution is 6.31. The van der Waals surface area contributed by atoms with E-state index in [1.54, 1.807) is 24.3 Å². The van der Waals surface area contributed by atoms with E-state index in [0.29, 0.717) is 17.7 Å². The molecule has 0 aliphatic rings. The van der Waals surface area contributed by atoms with E-state index in [1.165, 1.54) is 0 Å². The number of pyridine rings is 1. The van der Waals surface area contributed by atoms with Crippen LogP contribution >= 0.6 is 11.6 Å². The van der Waals surface area contributed by atoms with Gasteiger partial charge < -0.3 is 9.47 Å². The van der Waals surface area contributed by atoms with Crippen LogP contribution in [0.5, 0.6) is 17.4 Å². The number of hydrogen-bond donors (Lipinski definition) is 0. The third-order valence-electron chi connectivity index (χ3n) is 2.53. The lowest BCUT2D eigenvalue weighted by Crippen LogP contribution is -2.06. The summed E-state index contributed by atoms with van der Waals surface area (Å²) in [6.45, 7) is 3.75. The van der Waals surface area contributed by atoms with Gasteiger partial charge in [0.15, 0.2) is 0 Å². The second-order valence-corrected chi connectivity index (χ2v) is 5.16. The van der Waals surface area contributed by atoms with Crippen molar-refractivity contribution in [3.05, 3.63) is 47.1 Å². The van der Waals surface area contributed by atoms with Crippen LogP contribution in [-0.2, 0) is 6.18 Å². The van der Waals surface area contributed by atoms with E-state index < -0.39 is 11.7 Å². The van der Waals surface area contributed by atoms with Gasteiger partial charge in [-0.2, -0.15) is 13.2 Å². The molecule has 1 aromatic heterocycles. The van der Waals surface area contributed by atoms with E-state index in [0.717, 1.165) is 6.07 Å². The van der Waals surface area contributed by atoms with Gasteiger partial charge in [0.2, 0.25) is 5.88 Å². The summed E-state index contributed by atoms with van der Waals surface area (Å²) in [5.74, 6) is 0.846. The molecule has 0 fully saturated rings. The third kappa shape index (κ3) is 4.27. The molecule has 0 bridgehead atoms. The zero-order valence-electron chi connectivity index (χ0n) is 11.8. The van der Waals surface area contributed by atoms with Gasteiger partial charge in [-0.15, -0.1) is 0 Å². The molecule has 2 rings (SSSR count). The molecule has 0 aliphatic heterocycles. The first-order valence-corrected chi connectivity index (χ1v) is 6.81. The summed E-state index contributed by atoms with van der Waals surface area (Å²) >= 11 is 5.79. The molecule has 0 unspecified atom stereocenters. The van der Waals surface area contributed by atoms with E-state index in [-0.39, 0.29) is 17.0 Å². The molecule has 0 atom stereocenters. The maximum atomic E-state index is 12.5. The number of alkyl halides is 3. The van der Waals surface area contributed by atoms with Gasteiger partial charge in [0.25, 0.3) is 0 Å². The van der Waals surface area contributed by atoms with Gasteiger partial charge in [0.05, 0.1) is 11.7 Å². The molecule has 22 heavy (non-hydrogen) atoms. The van der Waals surface area contributed by atoms with Gasteiger partial charge in [-0.25, -0.2) is 4.98 Å². The molecule has 118 valence electrons. The Hall–Kier alpha value is -1.95. The molecular formula is C15H13ClF3NO2. The van der Waals surface area contributed by atoms with Crippen LogP contribution in [0, 0.1) is 0 Å². The van der Waals surface area contributed by atoms with Crippen molar-refractivity contribution in [1.82, 2.24) is 4.98 Å². The summed E-state index contributed by atoms with van der Waals surface area (Å²) in [7, 11) is 0. The number of benzene rings is 1. The maximum Gasteiger partial charge on any atom is 0.417 e. The van der Waals surface area contributed by atoms with Crippen LogP contribution in [0.25, 0.3) is 0 Å². The van der Waals surface area contributed by atoms with Gasteiger partial charge in [-0.05, 0) is 32.0 Å². The molecule has 3 nitrogen and oxygen atoms in total. The zero-order valence-corrected chi connectivity index (χ0v) is 12.6. The van der Waals surface area contributed by atoms with E-state index in [9.17, 15) is 13.2 Å². The number of rotatable bonds is 4. The Balaban J connectivity index is 2.21. The Labute approximate surface area is 130 Å². The van der Waals surface area contributed by atoms with E-state index in [2.05, 4.69) is 4.98 Å². The lowest BCUT2D eigenvalue weighted by atomic mass is 10.3. The van der Waals surface area contributed by atoms with Crippen molar-refractivity contribution < 1.29 is 22.6 Å². The van der Waals surface area contributed by atoms with Crippen LogP contribution in [0.2, 0.25) is 5.02 Å². The molecule has 7 heteroatoms. The van der Waals surface area contributed by atoms with Crippen molar-refractivity contribution >= 4 is 11.6 Å². The van der Waals surface area contributed by atoms with Crippen LogP contribution in [0.1, 0.15) is 19.4 Å². The van der Waals surface area contributed by atoms with Crippen molar-refractivity contribution in [2.24, 2.45) is 0 Å². The molecule has 0 radical (unpaired) electrons. The van der Waals surface area contributed by atoms with Gasteiger partial charge >= 0.3 is 6.18 Å². The number of ether oxygens (including phenoxy) is 2. The van der Waals surface area contributed by atoms with Crippen molar-refractivity contribution in [3.63, 3.8) is 0 Å². The fraction of sp³-hybridized carbons (Fsp3) is 0.267. The standard InChI is InChI=1S/C15H13ClF3NO2/c1-9(2)21-11-4-3-5-12(7-11)22-14-13(16)6-10(8-20-14)15(17,18)19/h3-9H,1-2H3. The summed E-state index contributed by atoms with van der Waals surface area (Å²) in [5.41, 5.74) is -0.929. The average molecular weight is 332 g/mol. The van der Waals surface area contributed by atoms with Crippen LogP contribution in [-0.4, -0.2) is 11.1 Å². The molecule has 0 spiro atoms. The Kier molecular flexibility index (Phi) is 4.81. The first-order chi connectivity index (χ1) is 10.3. The number of nitrogens with zero attached hydrogens (tertiary/aromatic N) is 1. The number of aromatic nitrogens is 1. The van der Waals surface area contributed by atoms with Crippen molar-refractivity contribution in [2.45, 2.75) is 26.1 Å². The molecule has 0 aliphatic carbocycles. The normalized spacial score (nSPS) is 11.6. The smallest absolute Gasteiger partial charge is 0.417 e. The predicted molar refractivity (Wildman–Crippen MR) is 76.5 cm³/mol. The van der Waals surface area contributed by atoms with Crippen molar-refractivity contribution in [1.29, 1.82) is 0 Å². The lowest BCUT2D eigenvalue weighted by Gasteiger charge is -2.12. The molecular weight excluding hydrogens is 319 g/mol.